The number of aliphatic hydroxyl groups is 1. The quantitative estimate of drug-likeness (QED) is 0.00855. The van der Waals surface area contributed by atoms with Gasteiger partial charge in [0.1, 0.15) is 71.8 Å². The van der Waals surface area contributed by atoms with E-state index in [0.29, 0.717) is 101 Å². The third-order valence-corrected chi connectivity index (χ3v) is 24.5. The molecule has 596 valence electrons. The fourth-order valence-corrected chi connectivity index (χ4v) is 15.2. The molecule has 34 heteroatoms. The number of rotatable bonds is 19. The number of halogens is 12. The van der Waals surface area contributed by atoms with Crippen molar-refractivity contribution in [2.45, 2.75) is 6.61 Å². The second-order valence-electron chi connectivity index (χ2n) is 22.3. The molecule has 0 aliphatic carbocycles. The first-order valence-corrected chi connectivity index (χ1v) is 41.6. The van der Waals surface area contributed by atoms with Crippen molar-refractivity contribution in [2.75, 3.05) is 27.9 Å². The summed E-state index contributed by atoms with van der Waals surface area (Å²) in [5.41, 5.74) is 19.3. The summed E-state index contributed by atoms with van der Waals surface area (Å²) >= 11 is 58.3. The molecule has 0 amide bonds. The van der Waals surface area contributed by atoms with E-state index in [1.165, 1.54) is 46.7 Å². The van der Waals surface area contributed by atoms with Crippen LogP contribution < -0.4 is 18.9 Å². The van der Waals surface area contributed by atoms with Crippen molar-refractivity contribution in [3.8, 4) is 51.7 Å². The Balaban J connectivity index is 0.000000191. The van der Waals surface area contributed by atoms with Crippen LogP contribution >= 0.6 is 144 Å². The van der Waals surface area contributed by atoms with Gasteiger partial charge in [-0.05, 0) is 126 Å². The van der Waals surface area contributed by atoms with Crippen LogP contribution in [0.5, 0.6) is 51.7 Å². The number of methoxy groups -OCH3 is 3. The molecular weight excluding hydrogens is 1840 g/mol. The number of aromatic amines is 2. The second kappa shape index (κ2) is 48.1. The summed E-state index contributed by atoms with van der Waals surface area (Å²) in [6, 6.07) is 73.1. The Morgan fingerprint density at radius 1 is 0.448 bits per heavy atom. The number of H-pyrrole nitrogens is 2. The molecule has 2 heterocycles. The third-order valence-electron chi connectivity index (χ3n) is 14.7. The summed E-state index contributed by atoms with van der Waals surface area (Å²) in [5, 5.41) is 28.7. The van der Waals surface area contributed by atoms with Gasteiger partial charge in [0.05, 0.1) is 75.2 Å². The molecular formula is C82H60Cl11IN8O14. The van der Waals surface area contributed by atoms with Crippen LogP contribution in [0.3, 0.4) is 0 Å². The van der Waals surface area contributed by atoms with Crippen molar-refractivity contribution in [3.63, 3.8) is 0 Å². The molecule has 0 saturated heterocycles. The normalized spacial score (nSPS) is 10.3. The van der Waals surface area contributed by atoms with Gasteiger partial charge < -0.3 is 53.3 Å². The first-order valence-electron chi connectivity index (χ1n) is 33.0. The predicted molar refractivity (Wildman–Crippen MR) is 467 cm³/mol. The number of azide groups is 2. The Morgan fingerprint density at radius 3 is 1.22 bits per heavy atom. The molecule has 11 aromatic carbocycles. The molecule has 0 bridgehead atoms. The van der Waals surface area contributed by atoms with Crippen molar-refractivity contribution in [1.29, 1.82) is 0 Å². The number of hydrogen-bond acceptors (Lipinski definition) is 16. The van der Waals surface area contributed by atoms with Crippen LogP contribution in [-0.2, 0) is 30.4 Å². The van der Waals surface area contributed by atoms with E-state index < -0.39 is 36.6 Å². The van der Waals surface area contributed by atoms with E-state index in [9.17, 15) is 29.1 Å². The molecule has 0 aliphatic rings. The average Bonchev–Trinajstić information content (AvgIpc) is 1.61. The number of fused-ring (bicyclic) bond motifs is 2. The molecule has 0 atom stereocenters. The Bertz CT molecular complexity index is 5610. The van der Waals surface area contributed by atoms with Crippen LogP contribution in [0.15, 0.2) is 259 Å². The van der Waals surface area contributed by atoms with Gasteiger partial charge in [-0.1, -0.05) is 199 Å². The van der Waals surface area contributed by atoms with Crippen molar-refractivity contribution in [2.24, 2.45) is 10.2 Å². The van der Waals surface area contributed by atoms with Crippen LogP contribution in [0.4, 0.5) is 0 Å². The van der Waals surface area contributed by atoms with Gasteiger partial charge in [-0.15, -0.1) is 0 Å². The summed E-state index contributed by atoms with van der Waals surface area (Å²) in [7, 11) is 10.2. The average molecular weight is 1900 g/mol. The second-order valence-corrected chi connectivity index (χ2v) is 32.0. The Morgan fingerprint density at radius 2 is 0.828 bits per heavy atom. The van der Waals surface area contributed by atoms with Gasteiger partial charge in [0.25, 0.3) is 0 Å². The number of nitrogens with zero attached hydrogens (tertiary/aromatic N) is 6. The van der Waals surface area contributed by atoms with Crippen LogP contribution in [0.2, 0.25) is 50.2 Å². The monoisotopic (exact) mass is 1890 g/mol. The fraction of sp³-hybridized carbons (Fsp3) is 0.0610. The molecule has 0 aliphatic heterocycles. The zero-order valence-electron chi connectivity index (χ0n) is 60.3. The molecule has 0 spiro atoms. The van der Waals surface area contributed by atoms with Crippen molar-refractivity contribution < 1.29 is 67.3 Å². The smallest absolute Gasteiger partial charge is 0.158 e. The number of ether oxygens (including phenoxy) is 7. The number of aliphatic hydroxyl groups excluding tert-OH is 1. The van der Waals surface area contributed by atoms with E-state index in [2.05, 4.69) is 63.8 Å². The number of nitrogens with one attached hydrogen (secondary N) is 2. The van der Waals surface area contributed by atoms with E-state index in [1.807, 2.05) is 109 Å². The van der Waals surface area contributed by atoms with Gasteiger partial charge in [0, 0.05) is 31.9 Å². The summed E-state index contributed by atoms with van der Waals surface area (Å²) in [4.78, 5) is 65.5. The minimum Gasteiger partial charge on any atom is -0.506 e. The number of hydrogen-bond donors (Lipinski definition) is 4. The zero-order chi connectivity index (χ0) is 84.2. The molecule has 0 unspecified atom stereocenters. The topological polar surface area (TPSA) is 320 Å². The molecule has 0 fully saturated rings. The summed E-state index contributed by atoms with van der Waals surface area (Å²) in [6.45, 7) is -0.318. The largest absolute Gasteiger partial charge is 0.506 e. The van der Waals surface area contributed by atoms with E-state index in [-0.39, 0.29) is 71.8 Å². The summed E-state index contributed by atoms with van der Waals surface area (Å²) < 4.78 is 39.0. The molecule has 0 radical (unpaired) electrons. The molecule has 22 nitrogen and oxygen atoms in total. The summed E-state index contributed by atoms with van der Waals surface area (Å²) in [5.74, 6) is 1.73. The minimum atomic E-state index is -1.63. The first-order chi connectivity index (χ1) is 55.9. The number of carbonyl (C=O) groups excluding carboxylic acids is 5. The molecule has 116 heavy (non-hydrogen) atoms. The Kier molecular flexibility index (Phi) is 38.4. The molecule has 4 N–H and O–H groups in total. The fourth-order valence-electron chi connectivity index (χ4n) is 9.28. The number of carbonyl (C=O) groups is 5. The van der Waals surface area contributed by atoms with Gasteiger partial charge in [-0.2, -0.15) is 0 Å². The van der Waals surface area contributed by atoms with Crippen molar-refractivity contribution in [3.05, 3.63) is 355 Å². The number of benzene rings is 11. The molecule has 2 aromatic heterocycles. The van der Waals surface area contributed by atoms with Crippen LogP contribution in [0, 0.1) is 7.14 Å². The number of phenolic OH excluding ortho intramolecular Hbond substituents is 1. The number of aldehydes is 2. The van der Waals surface area contributed by atoms with Crippen LogP contribution in [0.25, 0.3) is 48.8 Å². The maximum Gasteiger partial charge on any atom is 0.158 e. The number of aromatic nitrogens is 2. The maximum absolute atomic E-state index is 11.7. The van der Waals surface area contributed by atoms with E-state index in [0.717, 1.165) is 10.9 Å². The Labute approximate surface area is 724 Å². The summed E-state index contributed by atoms with van der Waals surface area (Å²) in [6.07, 6.45) is 2.50. The van der Waals surface area contributed by atoms with Gasteiger partial charge >= 0.3 is 113 Å². The van der Waals surface area contributed by atoms with Gasteiger partial charge in [0.15, 0.2) is 35.6 Å². The maximum atomic E-state index is 11.7. The minimum absolute atomic E-state index is 0.0104. The van der Waals surface area contributed by atoms with Crippen molar-refractivity contribution in [1.82, 2.24) is 9.97 Å². The van der Waals surface area contributed by atoms with Gasteiger partial charge in [0.2, 0.25) is 0 Å². The first kappa shape index (κ1) is 92.7. The number of aromatic hydroxyl groups is 1. The standard InChI is InChI=1S/C16H11Cl2N3O3.C16H11Cl2NO3.C15H11Cl2NO2.C13H8Cl2O2.C12H10ClI.C7H4Cl2O2.C3H5N3O2/c1-23-16(22)13(20-21-19)9-10-7-8-12(17)14(18)15(10)24-11-5-3-2-4-6-11;1-21-16(20)13-7-10-12(19-13)8-11(17)14(18)15(10)22-9-5-3-2-4-6-9;16-12-7-13-11(6-9(8-19)18-13)15(14(12)17)20-10-4-2-1-3-5-10;14-11-7-6-9(8-16)13(12(11)15)17-10-4-2-1-3-5-10;13-14(11-7-3-1-4-8-11)12-9-5-2-6-10-12;8-5-2-1-4(3-10)7(11)6(5)9;1-8-3(7)2-5-6-4/h2-9H,1H3;2-8,19H,1H3;1-7,18-19H,8H2;1-8H;1-10H;1-3,11H;2H2,1H3/b13-9-;;;;;;. The van der Waals surface area contributed by atoms with Crippen LogP contribution in [-0.4, -0.2) is 78.5 Å². The Hall–Kier alpha value is -10.5. The van der Waals surface area contributed by atoms with E-state index in [4.69, 9.17) is 165 Å². The molecule has 13 aromatic rings. The number of esters is 3. The van der Waals surface area contributed by atoms with Crippen LogP contribution in [0.1, 0.15) is 42.5 Å². The van der Waals surface area contributed by atoms with Crippen molar-refractivity contribution >= 4 is 202 Å². The molecule has 13 rings (SSSR count). The SMILES string of the molecule is COC(=O)/C(=C/c1ccc(Cl)c(Cl)c1Oc1ccccc1)N=[N+]=[N-].COC(=O)CN=[N+]=[N-].COC(=O)c1cc2c(Oc3ccccc3)c(Cl)c(Cl)cc2[nH]1.ClI(c1ccccc1)c1ccccc1.O=Cc1ccc(Cl)c(Cl)c1O.O=Cc1ccc(Cl)c(Cl)c1Oc1ccccc1.OCc1cc2c(Oc3ccccc3)c(Cl)c(Cl)cc2[nH]1. The number of para-hydroxylation sites is 4. The molecule has 0 saturated carbocycles. The van der Waals surface area contributed by atoms with Gasteiger partial charge in [-0.3, -0.25) is 14.4 Å². The van der Waals surface area contributed by atoms with E-state index >= 15 is 0 Å². The van der Waals surface area contributed by atoms with Gasteiger partial charge in [-0.25, -0.2) is 9.59 Å². The zero-order valence-corrected chi connectivity index (χ0v) is 70.7. The third kappa shape index (κ3) is 27.3. The van der Waals surface area contributed by atoms with E-state index in [1.54, 1.807) is 97.1 Å². The number of phenols is 1. The predicted octanol–water partition coefficient (Wildman–Crippen LogP) is 27.4.